The minimum Gasteiger partial charge on any atom is -0.495 e. The maximum atomic E-state index is 5.94. The van der Waals surface area contributed by atoms with Crippen molar-refractivity contribution in [1.29, 1.82) is 0 Å². The number of pyridine rings is 1. The molecule has 1 aliphatic rings. The number of nitrogens with zero attached hydrogens (tertiary/aromatic N) is 4. The minimum absolute atomic E-state index is 0.370. The molecule has 8 heteroatoms. The maximum absolute atomic E-state index is 5.94. The lowest BCUT2D eigenvalue weighted by molar-refractivity contribution is 0.301. The first-order chi connectivity index (χ1) is 13.8. The van der Waals surface area contributed by atoms with Gasteiger partial charge in [0.2, 0.25) is 0 Å². The Morgan fingerprint density at radius 3 is 2.96 bits per heavy atom. The molecule has 0 atom stereocenters. The third kappa shape index (κ3) is 3.13. The van der Waals surface area contributed by atoms with Crippen LogP contribution in [0, 0.1) is 0 Å². The molecule has 0 bridgehead atoms. The van der Waals surface area contributed by atoms with Crippen LogP contribution in [0.1, 0.15) is 17.1 Å². The lowest BCUT2D eigenvalue weighted by Crippen LogP contribution is -2.30. The Morgan fingerprint density at radius 1 is 1.18 bits per heavy atom. The highest BCUT2D eigenvalue weighted by molar-refractivity contribution is 5.76. The number of fused-ring (bicyclic) bond motifs is 2. The number of aromatic amines is 1. The predicted molar refractivity (Wildman–Crippen MR) is 102 cm³/mol. The second-order valence-corrected chi connectivity index (χ2v) is 6.60. The highest BCUT2D eigenvalue weighted by Gasteiger charge is 2.22. The number of nitrogens with one attached hydrogen (secondary N) is 1. The quantitative estimate of drug-likeness (QED) is 0.572. The van der Waals surface area contributed by atoms with Gasteiger partial charge in [-0.05, 0) is 24.3 Å². The van der Waals surface area contributed by atoms with Crippen LogP contribution in [0.3, 0.4) is 0 Å². The van der Waals surface area contributed by atoms with Crippen LogP contribution in [0.2, 0.25) is 0 Å². The Hall–Kier alpha value is -3.55. The van der Waals surface area contributed by atoms with Gasteiger partial charge >= 0.3 is 0 Å². The van der Waals surface area contributed by atoms with Gasteiger partial charge < -0.3 is 23.8 Å². The van der Waals surface area contributed by atoms with Crippen LogP contribution < -0.4 is 14.4 Å². The van der Waals surface area contributed by atoms with Gasteiger partial charge in [0.05, 0.1) is 43.3 Å². The monoisotopic (exact) mass is 377 g/mol. The summed E-state index contributed by atoms with van der Waals surface area (Å²) in [6, 6.07) is 10.0. The molecule has 0 aliphatic carbocycles. The summed E-state index contributed by atoms with van der Waals surface area (Å²) in [6.07, 6.45) is 4.29. The van der Waals surface area contributed by atoms with Gasteiger partial charge in [-0.15, -0.1) is 0 Å². The lowest BCUT2D eigenvalue weighted by Gasteiger charge is -2.24. The van der Waals surface area contributed by atoms with Crippen LogP contribution in [0.4, 0.5) is 6.01 Å². The van der Waals surface area contributed by atoms with Crippen LogP contribution >= 0.6 is 0 Å². The van der Waals surface area contributed by atoms with Gasteiger partial charge in [-0.25, -0.2) is 4.98 Å². The molecule has 4 heterocycles. The molecule has 0 unspecified atom stereocenters. The Balaban J connectivity index is 1.31. The fourth-order valence-corrected chi connectivity index (χ4v) is 3.27. The topological polar surface area (TPSA) is 89.3 Å². The number of hydrogen-bond acceptors (Lipinski definition) is 7. The average molecular weight is 377 g/mol. The van der Waals surface area contributed by atoms with Crippen LogP contribution in [0.25, 0.3) is 11.1 Å². The largest absolute Gasteiger partial charge is 0.495 e. The van der Waals surface area contributed by atoms with Crippen molar-refractivity contribution in [2.75, 3.05) is 18.6 Å². The summed E-state index contributed by atoms with van der Waals surface area (Å²) < 4.78 is 16.9. The normalized spacial score (nSPS) is 13.5. The number of anilines is 1. The number of imidazole rings is 1. The van der Waals surface area contributed by atoms with E-state index in [1.165, 1.54) is 0 Å². The minimum atomic E-state index is 0.370. The van der Waals surface area contributed by atoms with E-state index >= 15 is 0 Å². The fourth-order valence-electron chi connectivity index (χ4n) is 3.27. The van der Waals surface area contributed by atoms with Crippen molar-refractivity contribution in [2.24, 2.45) is 0 Å². The van der Waals surface area contributed by atoms with Gasteiger partial charge in [0.15, 0.2) is 5.58 Å². The number of benzene rings is 1. The summed E-state index contributed by atoms with van der Waals surface area (Å²) in [7, 11) is 1.62. The third-order valence-electron chi connectivity index (χ3n) is 4.81. The Kier molecular flexibility index (Phi) is 4.08. The standard InChI is InChI=1S/C20H19N5O3/c1-26-15-3-2-13(21-9-15)11-27-14-4-5-19-17(8-14)24-20(28-19)25-7-6-16-18(10-25)23-12-22-16/h2-5,8-9,12H,6-7,10-11H2,1H3,(H,22,23). The van der Waals surface area contributed by atoms with Crippen molar-refractivity contribution in [3.8, 4) is 11.5 Å². The highest BCUT2D eigenvalue weighted by Crippen LogP contribution is 2.28. The van der Waals surface area contributed by atoms with E-state index in [0.717, 1.165) is 52.6 Å². The van der Waals surface area contributed by atoms with Crippen molar-refractivity contribution in [1.82, 2.24) is 19.9 Å². The van der Waals surface area contributed by atoms with E-state index in [4.69, 9.17) is 13.9 Å². The van der Waals surface area contributed by atoms with Crippen LogP contribution in [0.15, 0.2) is 47.3 Å². The van der Waals surface area contributed by atoms with Gasteiger partial charge in [-0.2, -0.15) is 4.98 Å². The van der Waals surface area contributed by atoms with E-state index < -0.39 is 0 Å². The molecule has 0 spiro atoms. The zero-order chi connectivity index (χ0) is 18.9. The van der Waals surface area contributed by atoms with E-state index in [9.17, 15) is 0 Å². The molecule has 4 aromatic rings. The number of aromatic nitrogens is 4. The summed E-state index contributed by atoms with van der Waals surface area (Å²) in [5.41, 5.74) is 4.57. The average Bonchev–Trinajstić information content (AvgIpc) is 3.38. The number of H-pyrrole nitrogens is 1. The van der Waals surface area contributed by atoms with Gasteiger partial charge in [0.25, 0.3) is 6.01 Å². The molecule has 142 valence electrons. The van der Waals surface area contributed by atoms with Crippen LogP contribution in [0.5, 0.6) is 11.5 Å². The highest BCUT2D eigenvalue weighted by atomic mass is 16.5. The molecule has 1 aromatic carbocycles. The number of rotatable bonds is 5. The van der Waals surface area contributed by atoms with Gasteiger partial charge in [0, 0.05) is 19.0 Å². The smallest absolute Gasteiger partial charge is 0.298 e. The van der Waals surface area contributed by atoms with Crippen molar-refractivity contribution in [3.05, 3.63) is 59.9 Å². The summed E-state index contributed by atoms with van der Waals surface area (Å²) >= 11 is 0. The molecule has 5 rings (SSSR count). The van der Waals surface area contributed by atoms with E-state index in [2.05, 4.69) is 24.8 Å². The van der Waals surface area contributed by atoms with E-state index in [-0.39, 0.29) is 0 Å². The second-order valence-electron chi connectivity index (χ2n) is 6.60. The number of ether oxygens (including phenoxy) is 2. The summed E-state index contributed by atoms with van der Waals surface area (Å²) in [4.78, 5) is 18.6. The zero-order valence-electron chi connectivity index (χ0n) is 15.4. The number of methoxy groups -OCH3 is 1. The zero-order valence-corrected chi connectivity index (χ0v) is 15.4. The van der Waals surface area contributed by atoms with Gasteiger partial charge in [0.1, 0.15) is 23.6 Å². The Labute approximate surface area is 161 Å². The first kappa shape index (κ1) is 16.6. The molecule has 0 saturated carbocycles. The Morgan fingerprint density at radius 2 is 2.11 bits per heavy atom. The first-order valence-corrected chi connectivity index (χ1v) is 9.07. The number of oxazole rings is 1. The molecule has 3 aromatic heterocycles. The van der Waals surface area contributed by atoms with Crippen molar-refractivity contribution >= 4 is 17.1 Å². The predicted octanol–water partition coefficient (Wildman–Crippen LogP) is 3.10. The summed E-state index contributed by atoms with van der Waals surface area (Å²) in [6.45, 7) is 1.92. The summed E-state index contributed by atoms with van der Waals surface area (Å²) in [5.74, 6) is 1.44. The molecule has 0 fully saturated rings. The number of hydrogen-bond donors (Lipinski definition) is 1. The Bertz CT molecular complexity index is 1100. The van der Waals surface area contributed by atoms with Crippen LogP contribution in [-0.2, 0) is 19.6 Å². The van der Waals surface area contributed by atoms with Crippen LogP contribution in [-0.4, -0.2) is 33.6 Å². The molecule has 0 radical (unpaired) electrons. The fraction of sp³-hybridized carbons (Fsp3) is 0.250. The third-order valence-corrected chi connectivity index (χ3v) is 4.81. The molecule has 0 saturated heterocycles. The molecule has 1 aliphatic heterocycles. The first-order valence-electron chi connectivity index (χ1n) is 9.07. The van der Waals surface area contributed by atoms with Crippen molar-refractivity contribution < 1.29 is 13.9 Å². The molecule has 1 N–H and O–H groups in total. The molecule has 8 nitrogen and oxygen atoms in total. The van der Waals surface area contributed by atoms with E-state index in [1.54, 1.807) is 19.6 Å². The van der Waals surface area contributed by atoms with E-state index in [1.807, 2.05) is 30.3 Å². The van der Waals surface area contributed by atoms with Crippen molar-refractivity contribution in [2.45, 2.75) is 19.6 Å². The maximum Gasteiger partial charge on any atom is 0.298 e. The lowest BCUT2D eigenvalue weighted by atomic mass is 10.1. The molecular formula is C20H19N5O3. The van der Waals surface area contributed by atoms with Crippen molar-refractivity contribution in [3.63, 3.8) is 0 Å². The molecule has 0 amide bonds. The molecule has 28 heavy (non-hydrogen) atoms. The van der Waals surface area contributed by atoms with Gasteiger partial charge in [-0.3, -0.25) is 4.98 Å². The molecular weight excluding hydrogens is 358 g/mol. The SMILES string of the molecule is COc1ccc(COc2ccc3oc(N4CCc5nc[nH]c5C4)nc3c2)nc1. The second kappa shape index (κ2) is 6.88. The van der Waals surface area contributed by atoms with E-state index in [0.29, 0.717) is 19.2 Å². The van der Waals surface area contributed by atoms with Gasteiger partial charge in [-0.1, -0.05) is 0 Å². The summed E-state index contributed by atoms with van der Waals surface area (Å²) in [5, 5.41) is 0.